The summed E-state index contributed by atoms with van der Waals surface area (Å²) < 4.78 is 0. The zero-order valence-electron chi connectivity index (χ0n) is 9.67. The Morgan fingerprint density at radius 2 is 2.07 bits per heavy atom. The van der Waals surface area contributed by atoms with Gasteiger partial charge in [-0.05, 0) is 45.1 Å². The van der Waals surface area contributed by atoms with Gasteiger partial charge < -0.3 is 10.2 Å². The molecule has 2 rings (SSSR count). The third kappa shape index (κ3) is 2.51. The van der Waals surface area contributed by atoms with E-state index in [1.807, 2.05) is 7.05 Å². The third-order valence-corrected chi connectivity index (χ3v) is 3.83. The maximum absolute atomic E-state index is 12.1. The van der Waals surface area contributed by atoms with Crippen LogP contribution in [0.2, 0.25) is 0 Å². The van der Waals surface area contributed by atoms with E-state index in [1.54, 1.807) is 0 Å². The van der Waals surface area contributed by atoms with Crippen LogP contribution in [0, 0.1) is 5.92 Å². The second kappa shape index (κ2) is 4.97. The summed E-state index contributed by atoms with van der Waals surface area (Å²) in [4.78, 5) is 14.2. The van der Waals surface area contributed by atoms with E-state index < -0.39 is 0 Å². The van der Waals surface area contributed by atoms with Crippen LogP contribution in [0.1, 0.15) is 38.5 Å². The summed E-state index contributed by atoms with van der Waals surface area (Å²) in [6.45, 7) is 1.99. The van der Waals surface area contributed by atoms with Gasteiger partial charge in [-0.2, -0.15) is 0 Å². The van der Waals surface area contributed by atoms with Crippen molar-refractivity contribution in [3.05, 3.63) is 0 Å². The summed E-state index contributed by atoms with van der Waals surface area (Å²) in [5.74, 6) is 1.13. The number of hydrogen-bond donors (Lipinski definition) is 1. The summed E-state index contributed by atoms with van der Waals surface area (Å²) in [6, 6.07) is 0.0765. The van der Waals surface area contributed by atoms with Crippen molar-refractivity contribution in [3.63, 3.8) is 0 Å². The molecule has 2 fully saturated rings. The van der Waals surface area contributed by atoms with E-state index in [-0.39, 0.29) is 6.04 Å². The summed E-state index contributed by atoms with van der Waals surface area (Å²) in [6.07, 6.45) is 7.38. The van der Waals surface area contributed by atoms with E-state index in [2.05, 4.69) is 10.2 Å². The van der Waals surface area contributed by atoms with E-state index >= 15 is 0 Å². The molecule has 0 spiro atoms. The number of nitrogens with one attached hydrogen (secondary N) is 1. The van der Waals surface area contributed by atoms with Gasteiger partial charge in [-0.3, -0.25) is 4.79 Å². The Balaban J connectivity index is 1.91. The lowest BCUT2D eigenvalue weighted by molar-refractivity contribution is -0.133. The smallest absolute Gasteiger partial charge is 0.239 e. The van der Waals surface area contributed by atoms with Crippen LogP contribution >= 0.6 is 0 Å². The van der Waals surface area contributed by atoms with Gasteiger partial charge in [0.25, 0.3) is 0 Å². The predicted octanol–water partition coefficient (Wildman–Crippen LogP) is 1.39. The van der Waals surface area contributed by atoms with Crippen LogP contribution in [-0.4, -0.2) is 37.0 Å². The number of amides is 1. The number of nitrogens with zero attached hydrogens (tertiary/aromatic N) is 1. The summed E-state index contributed by atoms with van der Waals surface area (Å²) in [5.41, 5.74) is 0. The van der Waals surface area contributed by atoms with Gasteiger partial charge in [0.2, 0.25) is 5.91 Å². The number of carbonyl (C=O) groups is 1. The van der Waals surface area contributed by atoms with Crippen molar-refractivity contribution in [1.29, 1.82) is 0 Å². The van der Waals surface area contributed by atoms with Crippen LogP contribution in [0.25, 0.3) is 0 Å². The van der Waals surface area contributed by atoms with E-state index in [9.17, 15) is 4.79 Å². The molecule has 1 amide bonds. The lowest BCUT2D eigenvalue weighted by Gasteiger charge is -2.33. The van der Waals surface area contributed by atoms with Crippen molar-refractivity contribution in [2.45, 2.75) is 44.6 Å². The molecular weight excluding hydrogens is 188 g/mol. The number of likely N-dealkylation sites (N-methyl/N-ethyl adjacent to an activating group) is 1. The maximum Gasteiger partial charge on any atom is 0.239 e. The molecule has 1 saturated heterocycles. The van der Waals surface area contributed by atoms with Gasteiger partial charge in [0.05, 0.1) is 6.04 Å². The summed E-state index contributed by atoms with van der Waals surface area (Å²) in [5, 5.41) is 3.14. The molecule has 1 aliphatic carbocycles. The Morgan fingerprint density at radius 3 is 2.67 bits per heavy atom. The molecule has 1 unspecified atom stereocenters. The summed E-state index contributed by atoms with van der Waals surface area (Å²) >= 11 is 0. The van der Waals surface area contributed by atoms with Crippen LogP contribution in [0.5, 0.6) is 0 Å². The molecule has 3 nitrogen and oxygen atoms in total. The second-order valence-electron chi connectivity index (χ2n) is 4.92. The quantitative estimate of drug-likeness (QED) is 0.763. The lowest BCUT2D eigenvalue weighted by Crippen LogP contribution is -2.46. The molecule has 0 radical (unpaired) electrons. The van der Waals surface area contributed by atoms with Crippen LogP contribution < -0.4 is 5.32 Å². The highest BCUT2D eigenvalue weighted by Crippen LogP contribution is 2.28. The molecule has 1 heterocycles. The molecule has 2 aliphatic rings. The largest absolute Gasteiger partial charge is 0.341 e. The number of rotatable bonds is 3. The van der Waals surface area contributed by atoms with Gasteiger partial charge in [0, 0.05) is 13.1 Å². The molecule has 0 aromatic heterocycles. The van der Waals surface area contributed by atoms with E-state index in [0.717, 1.165) is 25.4 Å². The number of likely N-dealkylation sites (tertiary alicyclic amines) is 1. The van der Waals surface area contributed by atoms with Crippen molar-refractivity contribution in [2.75, 3.05) is 20.1 Å². The Kier molecular flexibility index (Phi) is 3.62. The molecule has 1 aliphatic heterocycles. The van der Waals surface area contributed by atoms with Crippen LogP contribution in [0.4, 0.5) is 0 Å². The average molecular weight is 210 g/mol. The minimum atomic E-state index is 0.0765. The molecule has 0 bridgehead atoms. The fraction of sp³-hybridized carbons (Fsp3) is 0.917. The van der Waals surface area contributed by atoms with Gasteiger partial charge in [-0.15, -0.1) is 0 Å². The van der Waals surface area contributed by atoms with Crippen molar-refractivity contribution in [3.8, 4) is 0 Å². The average Bonchev–Trinajstić information content (AvgIpc) is 2.35. The van der Waals surface area contributed by atoms with Crippen LogP contribution in [0.15, 0.2) is 0 Å². The van der Waals surface area contributed by atoms with Crippen molar-refractivity contribution >= 4 is 5.91 Å². The van der Waals surface area contributed by atoms with Crippen LogP contribution in [0.3, 0.4) is 0 Å². The van der Waals surface area contributed by atoms with E-state index in [1.165, 1.54) is 32.1 Å². The Labute approximate surface area is 92.2 Å². The molecule has 1 N–H and O–H groups in total. The fourth-order valence-corrected chi connectivity index (χ4v) is 2.54. The number of carbonyl (C=O) groups excluding carboxylic acids is 1. The predicted molar refractivity (Wildman–Crippen MR) is 60.6 cm³/mol. The standard InChI is InChI=1S/C12H22N2O/c1-13-11-7-2-3-8-14(12(11)15)9-10-5-4-6-10/h10-11,13H,2-9H2,1H3. The second-order valence-corrected chi connectivity index (χ2v) is 4.92. The van der Waals surface area contributed by atoms with Gasteiger partial charge in [-0.25, -0.2) is 0 Å². The van der Waals surface area contributed by atoms with E-state index in [0.29, 0.717) is 5.91 Å². The monoisotopic (exact) mass is 210 g/mol. The normalized spacial score (nSPS) is 28.7. The Bertz CT molecular complexity index is 226. The highest BCUT2D eigenvalue weighted by molar-refractivity contribution is 5.82. The Hall–Kier alpha value is -0.570. The molecular formula is C12H22N2O. The highest BCUT2D eigenvalue weighted by atomic mass is 16.2. The summed E-state index contributed by atoms with van der Waals surface area (Å²) in [7, 11) is 1.90. The number of hydrogen-bond acceptors (Lipinski definition) is 2. The zero-order valence-corrected chi connectivity index (χ0v) is 9.67. The first-order chi connectivity index (χ1) is 7.31. The highest BCUT2D eigenvalue weighted by Gasteiger charge is 2.28. The minimum Gasteiger partial charge on any atom is -0.341 e. The van der Waals surface area contributed by atoms with Crippen LogP contribution in [-0.2, 0) is 4.79 Å². The molecule has 0 aromatic rings. The zero-order chi connectivity index (χ0) is 10.7. The molecule has 15 heavy (non-hydrogen) atoms. The van der Waals surface area contributed by atoms with Gasteiger partial charge in [-0.1, -0.05) is 6.42 Å². The van der Waals surface area contributed by atoms with Gasteiger partial charge in [0.1, 0.15) is 0 Å². The molecule has 0 aromatic carbocycles. The topological polar surface area (TPSA) is 32.3 Å². The first-order valence-corrected chi connectivity index (χ1v) is 6.27. The molecule has 1 saturated carbocycles. The molecule has 3 heteroatoms. The van der Waals surface area contributed by atoms with Crippen molar-refractivity contribution < 1.29 is 4.79 Å². The lowest BCUT2D eigenvalue weighted by atomic mass is 9.85. The van der Waals surface area contributed by atoms with E-state index in [4.69, 9.17) is 0 Å². The Morgan fingerprint density at radius 1 is 1.27 bits per heavy atom. The molecule has 86 valence electrons. The molecule has 1 atom stereocenters. The van der Waals surface area contributed by atoms with Crippen molar-refractivity contribution in [1.82, 2.24) is 10.2 Å². The maximum atomic E-state index is 12.1. The van der Waals surface area contributed by atoms with Gasteiger partial charge >= 0.3 is 0 Å². The fourth-order valence-electron chi connectivity index (χ4n) is 2.54. The minimum absolute atomic E-state index is 0.0765. The first kappa shape index (κ1) is 10.9. The SMILES string of the molecule is CNC1CCCCN(CC2CCC2)C1=O. The third-order valence-electron chi connectivity index (χ3n) is 3.83. The van der Waals surface area contributed by atoms with Crippen molar-refractivity contribution in [2.24, 2.45) is 5.92 Å². The first-order valence-electron chi connectivity index (χ1n) is 6.27. The van der Waals surface area contributed by atoms with Gasteiger partial charge in [0.15, 0.2) is 0 Å².